The summed E-state index contributed by atoms with van der Waals surface area (Å²) in [5.41, 5.74) is 3.30. The van der Waals surface area contributed by atoms with Gasteiger partial charge in [-0.05, 0) is 24.6 Å². The van der Waals surface area contributed by atoms with Crippen molar-refractivity contribution in [2.45, 2.75) is 6.92 Å². The monoisotopic (exact) mass is 204 g/mol. The molecule has 15 heavy (non-hydrogen) atoms. The number of hydrogen-bond acceptors (Lipinski definition) is 3. The van der Waals surface area contributed by atoms with E-state index < -0.39 is 0 Å². The summed E-state index contributed by atoms with van der Waals surface area (Å²) in [6.07, 6.45) is 1.73. The van der Waals surface area contributed by atoms with Gasteiger partial charge >= 0.3 is 5.97 Å². The normalized spacial score (nSPS) is 10.6. The molecular weight excluding hydrogens is 192 g/mol. The molecule has 2 aromatic rings. The Hall–Kier alpha value is -1.84. The molecule has 4 heteroatoms. The molecule has 0 amide bonds. The molecule has 0 N–H and O–H groups in total. The first-order valence-electron chi connectivity index (χ1n) is 4.63. The van der Waals surface area contributed by atoms with Crippen molar-refractivity contribution >= 4 is 17.0 Å². The van der Waals surface area contributed by atoms with Crippen LogP contribution in [-0.4, -0.2) is 22.6 Å². The second-order valence-corrected chi connectivity index (χ2v) is 3.50. The second-order valence-electron chi connectivity index (χ2n) is 3.50. The Kier molecular flexibility index (Phi) is 2.19. The average molecular weight is 204 g/mol. The summed E-state index contributed by atoms with van der Waals surface area (Å²) in [4.78, 5) is 15.6. The Bertz CT molecular complexity index is 529. The number of aryl methyl sites for hydroxylation is 2. The van der Waals surface area contributed by atoms with Gasteiger partial charge in [0.2, 0.25) is 0 Å². The largest absolute Gasteiger partial charge is 0.465 e. The van der Waals surface area contributed by atoms with Crippen LogP contribution in [0.5, 0.6) is 0 Å². The highest BCUT2D eigenvalue weighted by Crippen LogP contribution is 2.18. The fourth-order valence-corrected chi connectivity index (χ4v) is 1.61. The van der Waals surface area contributed by atoms with Crippen molar-refractivity contribution in [1.29, 1.82) is 0 Å². The molecule has 0 aliphatic rings. The molecule has 4 nitrogen and oxygen atoms in total. The fraction of sp³-hybridized carbons (Fsp3) is 0.273. The SMILES string of the molecule is COC(=O)c1cc2ncn(C)c2cc1C. The van der Waals surface area contributed by atoms with E-state index >= 15 is 0 Å². The van der Waals surface area contributed by atoms with Crippen molar-refractivity contribution < 1.29 is 9.53 Å². The van der Waals surface area contributed by atoms with Gasteiger partial charge in [-0.1, -0.05) is 0 Å². The first kappa shape index (κ1) is 9.71. The van der Waals surface area contributed by atoms with E-state index in [1.54, 1.807) is 12.4 Å². The zero-order chi connectivity index (χ0) is 11.0. The van der Waals surface area contributed by atoms with Crippen molar-refractivity contribution in [3.05, 3.63) is 29.6 Å². The minimum Gasteiger partial charge on any atom is -0.465 e. The Labute approximate surface area is 87.5 Å². The van der Waals surface area contributed by atoms with Crippen LogP contribution in [0.15, 0.2) is 18.5 Å². The van der Waals surface area contributed by atoms with Crippen LogP contribution in [-0.2, 0) is 11.8 Å². The molecule has 0 aliphatic heterocycles. The number of fused-ring (bicyclic) bond motifs is 1. The molecule has 0 spiro atoms. The number of ether oxygens (including phenoxy) is 1. The van der Waals surface area contributed by atoms with Gasteiger partial charge in [0.15, 0.2) is 0 Å². The van der Waals surface area contributed by atoms with Gasteiger partial charge in [0.1, 0.15) is 0 Å². The number of methoxy groups -OCH3 is 1. The Balaban J connectivity index is 2.68. The van der Waals surface area contributed by atoms with Crippen LogP contribution in [0.2, 0.25) is 0 Å². The Morgan fingerprint density at radius 1 is 1.47 bits per heavy atom. The van der Waals surface area contributed by atoms with E-state index in [0.717, 1.165) is 16.6 Å². The molecule has 2 rings (SSSR count). The lowest BCUT2D eigenvalue weighted by Crippen LogP contribution is -2.03. The van der Waals surface area contributed by atoms with E-state index in [1.165, 1.54) is 7.11 Å². The Morgan fingerprint density at radius 2 is 2.20 bits per heavy atom. The number of esters is 1. The van der Waals surface area contributed by atoms with Gasteiger partial charge in [0.05, 0.1) is 30.0 Å². The van der Waals surface area contributed by atoms with Crippen LogP contribution in [0, 0.1) is 6.92 Å². The molecule has 0 bridgehead atoms. The van der Waals surface area contributed by atoms with E-state index in [1.807, 2.05) is 24.6 Å². The highest BCUT2D eigenvalue weighted by Gasteiger charge is 2.11. The van der Waals surface area contributed by atoms with Crippen LogP contribution >= 0.6 is 0 Å². The molecule has 0 atom stereocenters. The maximum Gasteiger partial charge on any atom is 0.338 e. The average Bonchev–Trinajstić information content (AvgIpc) is 2.58. The number of benzene rings is 1. The number of carbonyl (C=O) groups is 1. The maximum absolute atomic E-state index is 11.4. The third kappa shape index (κ3) is 1.48. The number of nitrogens with zero attached hydrogens (tertiary/aromatic N) is 2. The lowest BCUT2D eigenvalue weighted by atomic mass is 10.1. The van der Waals surface area contributed by atoms with Gasteiger partial charge < -0.3 is 9.30 Å². The van der Waals surface area contributed by atoms with E-state index in [2.05, 4.69) is 4.98 Å². The van der Waals surface area contributed by atoms with Crippen molar-refractivity contribution in [1.82, 2.24) is 9.55 Å². The van der Waals surface area contributed by atoms with Crippen LogP contribution < -0.4 is 0 Å². The van der Waals surface area contributed by atoms with Crippen molar-refractivity contribution in [2.24, 2.45) is 7.05 Å². The third-order valence-electron chi connectivity index (χ3n) is 2.48. The predicted octanol–water partition coefficient (Wildman–Crippen LogP) is 1.67. The summed E-state index contributed by atoms with van der Waals surface area (Å²) >= 11 is 0. The van der Waals surface area contributed by atoms with Gasteiger partial charge in [0, 0.05) is 7.05 Å². The molecule has 1 aromatic carbocycles. The van der Waals surface area contributed by atoms with Crippen molar-refractivity contribution in [2.75, 3.05) is 7.11 Å². The van der Waals surface area contributed by atoms with Gasteiger partial charge in [0.25, 0.3) is 0 Å². The van der Waals surface area contributed by atoms with Crippen LogP contribution in [0.25, 0.3) is 11.0 Å². The molecule has 0 fully saturated rings. The topological polar surface area (TPSA) is 44.1 Å². The number of aromatic nitrogens is 2. The van der Waals surface area contributed by atoms with E-state index in [4.69, 9.17) is 4.74 Å². The molecule has 78 valence electrons. The van der Waals surface area contributed by atoms with Gasteiger partial charge in [-0.25, -0.2) is 9.78 Å². The van der Waals surface area contributed by atoms with Gasteiger partial charge in [-0.15, -0.1) is 0 Å². The van der Waals surface area contributed by atoms with E-state index in [9.17, 15) is 4.79 Å². The number of imidazole rings is 1. The summed E-state index contributed by atoms with van der Waals surface area (Å²) in [5, 5.41) is 0. The van der Waals surface area contributed by atoms with Gasteiger partial charge in [-0.2, -0.15) is 0 Å². The van der Waals surface area contributed by atoms with Gasteiger partial charge in [-0.3, -0.25) is 0 Å². The molecule has 0 saturated heterocycles. The summed E-state index contributed by atoms with van der Waals surface area (Å²) in [6.45, 7) is 1.89. The minimum atomic E-state index is -0.319. The predicted molar refractivity (Wildman–Crippen MR) is 56.8 cm³/mol. The van der Waals surface area contributed by atoms with Crippen LogP contribution in [0.1, 0.15) is 15.9 Å². The highest BCUT2D eigenvalue weighted by atomic mass is 16.5. The number of rotatable bonds is 1. The molecule has 0 unspecified atom stereocenters. The number of carbonyl (C=O) groups excluding carboxylic acids is 1. The summed E-state index contributed by atoms with van der Waals surface area (Å²) in [6, 6.07) is 3.70. The second kappa shape index (κ2) is 3.38. The summed E-state index contributed by atoms with van der Waals surface area (Å²) in [7, 11) is 3.30. The lowest BCUT2D eigenvalue weighted by Gasteiger charge is -2.04. The summed E-state index contributed by atoms with van der Waals surface area (Å²) in [5.74, 6) is -0.319. The van der Waals surface area contributed by atoms with Crippen molar-refractivity contribution in [3.63, 3.8) is 0 Å². The molecule has 1 heterocycles. The quantitative estimate of drug-likeness (QED) is 0.664. The van der Waals surface area contributed by atoms with E-state index in [0.29, 0.717) is 5.56 Å². The molecular formula is C11H12N2O2. The zero-order valence-electron chi connectivity index (χ0n) is 8.94. The summed E-state index contributed by atoms with van der Waals surface area (Å²) < 4.78 is 6.62. The first-order chi connectivity index (χ1) is 7.13. The Morgan fingerprint density at radius 3 is 2.87 bits per heavy atom. The highest BCUT2D eigenvalue weighted by molar-refractivity contribution is 5.95. The first-order valence-corrected chi connectivity index (χ1v) is 4.63. The molecule has 0 saturated carbocycles. The van der Waals surface area contributed by atoms with Crippen molar-refractivity contribution in [3.8, 4) is 0 Å². The molecule has 1 aromatic heterocycles. The molecule has 0 aliphatic carbocycles. The third-order valence-corrected chi connectivity index (χ3v) is 2.48. The van der Waals surface area contributed by atoms with E-state index in [-0.39, 0.29) is 5.97 Å². The molecule has 0 radical (unpaired) electrons. The van der Waals surface area contributed by atoms with Crippen LogP contribution in [0.4, 0.5) is 0 Å². The smallest absolute Gasteiger partial charge is 0.338 e. The lowest BCUT2D eigenvalue weighted by molar-refractivity contribution is 0.0600. The minimum absolute atomic E-state index is 0.319. The number of hydrogen-bond donors (Lipinski definition) is 0. The van der Waals surface area contributed by atoms with Crippen LogP contribution in [0.3, 0.4) is 0 Å². The zero-order valence-corrected chi connectivity index (χ0v) is 8.94. The maximum atomic E-state index is 11.4. The fourth-order valence-electron chi connectivity index (χ4n) is 1.61. The standard InChI is InChI=1S/C11H12N2O2/c1-7-4-10-9(12-6-13(10)2)5-8(7)11(14)15-3/h4-6H,1-3H3.